The lowest BCUT2D eigenvalue weighted by Crippen LogP contribution is -2.65. The van der Waals surface area contributed by atoms with E-state index in [4.69, 9.17) is 11.5 Å². The molecule has 0 aromatic carbocycles. The van der Waals surface area contributed by atoms with Crippen LogP contribution in [0.2, 0.25) is 0 Å². The molecule has 11 nitrogen and oxygen atoms in total. The molecule has 0 aromatic rings. The number of nitrogens with zero attached hydrogens (tertiary/aromatic N) is 4. The molecule has 0 unspecified atom stereocenters. The van der Waals surface area contributed by atoms with Crippen molar-refractivity contribution in [1.82, 2.24) is 19.6 Å². The van der Waals surface area contributed by atoms with E-state index in [9.17, 15) is 24.0 Å². The van der Waals surface area contributed by atoms with Gasteiger partial charge in [-0.05, 0) is 81.0 Å². The van der Waals surface area contributed by atoms with Gasteiger partial charge in [-0.3, -0.25) is 29.1 Å². The van der Waals surface area contributed by atoms with Gasteiger partial charge in [0.2, 0.25) is 0 Å². The lowest BCUT2D eigenvalue weighted by Gasteiger charge is -2.58. The number of fused-ring (bicyclic) bond motifs is 1. The minimum atomic E-state index is -0.774. The van der Waals surface area contributed by atoms with Crippen molar-refractivity contribution in [2.24, 2.45) is 28.2 Å². The maximum Gasteiger partial charge on any atom is 0.334 e. The molecule has 2 aliphatic heterocycles. The largest absolute Gasteiger partial charge is 0.385 e. The maximum atomic E-state index is 13.6. The van der Waals surface area contributed by atoms with Crippen molar-refractivity contribution in [3.63, 3.8) is 0 Å². The van der Waals surface area contributed by atoms with Gasteiger partial charge in [-0.25, -0.2) is 9.59 Å². The summed E-state index contributed by atoms with van der Waals surface area (Å²) in [6.07, 6.45) is 7.90. The van der Waals surface area contributed by atoms with Crippen molar-refractivity contribution >= 4 is 29.8 Å². The second-order valence-electron chi connectivity index (χ2n) is 12.3. The van der Waals surface area contributed by atoms with E-state index in [1.54, 1.807) is 11.9 Å². The van der Waals surface area contributed by atoms with Crippen LogP contribution in [-0.2, 0) is 14.4 Å². The number of carbonyl (C=O) groups excluding carboxylic acids is 5. The number of likely N-dealkylation sites (N-methyl/N-ethyl adjacent to an activating group) is 2. The average Bonchev–Trinajstić information content (AvgIpc) is 3.43. The molecule has 7 aliphatic rings. The standard InChI is InChI=1S/C25H34N6O5/c1-28-20(34)25(29(2)21(28)35)11-23(12-25)7-4-15(5-8-23)31-19(33)16(17(26)27)18(32)30(22(31)36)13-24-6-3-14(9-24)10-24/h14-15H,3-13,26-27H2,1-2H3. The molecule has 2 bridgehead atoms. The smallest absolute Gasteiger partial charge is 0.334 e. The lowest BCUT2D eigenvalue weighted by molar-refractivity contribution is -0.149. The highest BCUT2D eigenvalue weighted by molar-refractivity contribution is 6.29. The molecule has 194 valence electrons. The number of imide groups is 3. The first-order valence-corrected chi connectivity index (χ1v) is 12.9. The molecule has 0 radical (unpaired) electrons. The molecule has 5 aliphatic carbocycles. The summed E-state index contributed by atoms with van der Waals surface area (Å²) in [5.41, 5.74) is 10.3. The summed E-state index contributed by atoms with van der Waals surface area (Å²) in [7, 11) is 3.19. The fraction of sp³-hybridized carbons (Fsp3) is 0.720. The highest BCUT2D eigenvalue weighted by atomic mass is 16.2. The van der Waals surface area contributed by atoms with E-state index in [0.29, 0.717) is 38.1 Å². The van der Waals surface area contributed by atoms with Crippen molar-refractivity contribution in [3.05, 3.63) is 11.4 Å². The summed E-state index contributed by atoms with van der Waals surface area (Å²) < 4.78 is 0. The van der Waals surface area contributed by atoms with Crippen LogP contribution in [0.1, 0.15) is 64.2 Å². The van der Waals surface area contributed by atoms with Crippen LogP contribution in [0.15, 0.2) is 11.4 Å². The van der Waals surface area contributed by atoms with Crippen LogP contribution in [-0.4, -0.2) is 81.6 Å². The number of urea groups is 2. The fourth-order valence-electron chi connectivity index (χ4n) is 8.34. The van der Waals surface area contributed by atoms with Crippen LogP contribution in [0.25, 0.3) is 0 Å². The van der Waals surface area contributed by atoms with Crippen molar-refractivity contribution in [2.45, 2.75) is 75.8 Å². The van der Waals surface area contributed by atoms with Gasteiger partial charge < -0.3 is 16.4 Å². The Bertz CT molecular complexity index is 1110. The van der Waals surface area contributed by atoms with E-state index in [1.165, 1.54) is 21.7 Å². The third-order valence-electron chi connectivity index (χ3n) is 10.3. The molecule has 2 saturated heterocycles. The Labute approximate surface area is 209 Å². The minimum Gasteiger partial charge on any atom is -0.385 e. The Balaban J connectivity index is 1.19. The Hall–Kier alpha value is -3.11. The first-order chi connectivity index (χ1) is 16.9. The van der Waals surface area contributed by atoms with Gasteiger partial charge in [0.1, 0.15) is 16.9 Å². The molecule has 7 amide bonds. The van der Waals surface area contributed by atoms with Gasteiger partial charge in [0.25, 0.3) is 17.7 Å². The summed E-state index contributed by atoms with van der Waals surface area (Å²) in [5, 5.41) is 0. The summed E-state index contributed by atoms with van der Waals surface area (Å²) in [6, 6.07) is -1.21. The zero-order valence-corrected chi connectivity index (χ0v) is 20.9. The molecule has 7 rings (SSSR count). The van der Waals surface area contributed by atoms with Crippen LogP contribution in [0.4, 0.5) is 9.59 Å². The Morgan fingerprint density at radius 1 is 0.889 bits per heavy atom. The van der Waals surface area contributed by atoms with Crippen molar-refractivity contribution < 1.29 is 24.0 Å². The van der Waals surface area contributed by atoms with Gasteiger partial charge in [-0.15, -0.1) is 0 Å². The second-order valence-corrected chi connectivity index (χ2v) is 12.3. The third kappa shape index (κ3) is 2.88. The van der Waals surface area contributed by atoms with Crippen LogP contribution >= 0.6 is 0 Å². The predicted octanol–water partition coefficient (Wildman–Crippen LogP) is 1.08. The number of nitrogens with two attached hydrogens (primary N) is 2. The second kappa shape index (κ2) is 7.23. The van der Waals surface area contributed by atoms with Gasteiger partial charge in [-0.2, -0.15) is 0 Å². The first-order valence-electron chi connectivity index (χ1n) is 12.9. The van der Waals surface area contributed by atoms with E-state index in [2.05, 4.69) is 0 Å². The van der Waals surface area contributed by atoms with Gasteiger partial charge in [0, 0.05) is 26.7 Å². The minimum absolute atomic E-state index is 0.0438. The number of carbonyl (C=O) groups is 5. The zero-order valence-electron chi connectivity index (χ0n) is 20.9. The van der Waals surface area contributed by atoms with Crippen molar-refractivity contribution in [2.75, 3.05) is 20.6 Å². The topological polar surface area (TPSA) is 150 Å². The molecule has 7 fully saturated rings. The zero-order chi connectivity index (χ0) is 25.8. The quantitative estimate of drug-likeness (QED) is 0.336. The van der Waals surface area contributed by atoms with Crippen LogP contribution < -0.4 is 11.5 Å². The monoisotopic (exact) mass is 498 g/mol. The summed E-state index contributed by atoms with van der Waals surface area (Å²) in [6.45, 7) is 0.302. The van der Waals surface area contributed by atoms with Gasteiger partial charge in [0.15, 0.2) is 0 Å². The van der Waals surface area contributed by atoms with Crippen molar-refractivity contribution in [1.29, 1.82) is 0 Å². The number of hydrogen-bond acceptors (Lipinski definition) is 7. The molecule has 11 heteroatoms. The number of rotatable bonds is 3. The third-order valence-corrected chi connectivity index (χ3v) is 10.3. The molecule has 5 saturated carbocycles. The van der Waals surface area contributed by atoms with Gasteiger partial charge >= 0.3 is 12.1 Å². The Morgan fingerprint density at radius 3 is 2.03 bits per heavy atom. The average molecular weight is 499 g/mol. The fourth-order valence-corrected chi connectivity index (χ4v) is 8.34. The lowest BCUT2D eigenvalue weighted by atomic mass is 9.51. The highest BCUT2D eigenvalue weighted by Crippen LogP contribution is 2.61. The van der Waals surface area contributed by atoms with E-state index < -0.39 is 23.4 Å². The first kappa shape index (κ1) is 23.3. The number of barbiturate groups is 1. The molecule has 0 atom stereocenters. The summed E-state index contributed by atoms with van der Waals surface area (Å²) in [4.78, 5) is 70.3. The normalized spacial score (nSPS) is 40.1. The highest BCUT2D eigenvalue weighted by Gasteiger charge is 2.67. The molecular weight excluding hydrogens is 464 g/mol. The summed E-state index contributed by atoms with van der Waals surface area (Å²) >= 11 is 0. The molecular formula is C25H34N6O5. The van der Waals surface area contributed by atoms with Crippen LogP contribution in [0.3, 0.4) is 0 Å². The van der Waals surface area contributed by atoms with Gasteiger partial charge in [-0.1, -0.05) is 0 Å². The van der Waals surface area contributed by atoms with E-state index >= 15 is 0 Å². The molecule has 0 aromatic heterocycles. The number of amides is 7. The van der Waals surface area contributed by atoms with Crippen molar-refractivity contribution in [3.8, 4) is 0 Å². The van der Waals surface area contributed by atoms with E-state index in [0.717, 1.165) is 38.5 Å². The van der Waals surface area contributed by atoms with Gasteiger partial charge in [0.05, 0.1) is 0 Å². The molecule has 36 heavy (non-hydrogen) atoms. The predicted molar refractivity (Wildman–Crippen MR) is 126 cm³/mol. The van der Waals surface area contributed by atoms with E-state index in [-0.39, 0.29) is 40.2 Å². The van der Waals surface area contributed by atoms with Crippen LogP contribution in [0, 0.1) is 16.7 Å². The number of hydrogen-bond donors (Lipinski definition) is 2. The summed E-state index contributed by atoms with van der Waals surface area (Å²) in [5.74, 6) is -1.23. The van der Waals surface area contributed by atoms with Crippen LogP contribution in [0.5, 0.6) is 0 Å². The SMILES string of the molecule is CN1C(=O)N(C)C2(CC3(CCC(N4C(=O)C(=C(N)N)C(=O)N(CC56CCC(C5)C6)C4=O)CC3)C2)C1=O. The molecule has 4 N–H and O–H groups in total. The molecule has 2 spiro atoms. The maximum absolute atomic E-state index is 13.6. The van der Waals surface area contributed by atoms with E-state index in [1.807, 2.05) is 0 Å². The molecule has 2 heterocycles. The Morgan fingerprint density at radius 2 is 1.53 bits per heavy atom. The Kier molecular flexibility index (Phi) is 4.68.